The van der Waals surface area contributed by atoms with Crippen molar-refractivity contribution in [3.05, 3.63) is 40.6 Å². The van der Waals surface area contributed by atoms with Crippen LogP contribution in [0.5, 0.6) is 5.75 Å². The molecule has 0 saturated carbocycles. The van der Waals surface area contributed by atoms with Crippen molar-refractivity contribution in [2.24, 2.45) is 0 Å². The van der Waals surface area contributed by atoms with E-state index in [4.69, 9.17) is 5.73 Å². The lowest BCUT2D eigenvalue weighted by atomic mass is 10.0. The number of nitrogens with two attached hydrogens (primary N) is 1. The van der Waals surface area contributed by atoms with Crippen molar-refractivity contribution in [2.75, 3.05) is 30.7 Å². The fourth-order valence-corrected chi connectivity index (χ4v) is 3.95. The molecule has 0 aliphatic carbocycles. The monoisotopic (exact) mass is 399 g/mol. The zero-order valence-electron chi connectivity index (χ0n) is 17.5. The molecule has 2 aromatic rings. The summed E-state index contributed by atoms with van der Waals surface area (Å²) in [6.45, 7) is 7.12. The maximum atomic E-state index is 10.6. The van der Waals surface area contributed by atoms with Gasteiger partial charge in [-0.1, -0.05) is 25.5 Å². The number of likely N-dealkylation sites (tertiary alicyclic amines) is 1. The molecule has 1 atom stereocenters. The number of hydrogen-bond donors (Lipinski definition) is 4. The molecule has 1 saturated heterocycles. The summed E-state index contributed by atoms with van der Waals surface area (Å²) in [5, 5.41) is 23.6. The van der Waals surface area contributed by atoms with Crippen molar-refractivity contribution in [3.8, 4) is 5.75 Å². The normalized spacial score (nSPS) is 15.6. The molecule has 1 aliphatic rings. The lowest BCUT2D eigenvalue weighted by Gasteiger charge is -2.20. The number of aliphatic hydroxyl groups excluding tert-OH is 1. The van der Waals surface area contributed by atoms with Crippen molar-refractivity contribution < 1.29 is 10.2 Å². The van der Waals surface area contributed by atoms with Crippen molar-refractivity contribution in [2.45, 2.75) is 58.5 Å². The van der Waals surface area contributed by atoms with Gasteiger partial charge in [-0.2, -0.15) is 4.98 Å². The molecule has 0 radical (unpaired) electrons. The molecule has 2 heterocycles. The molecule has 3 rings (SSSR count). The van der Waals surface area contributed by atoms with E-state index in [-0.39, 0.29) is 24.3 Å². The zero-order chi connectivity index (χ0) is 20.8. The number of benzene rings is 1. The Bertz CT molecular complexity index is 821. The third-order valence-electron chi connectivity index (χ3n) is 5.55. The summed E-state index contributed by atoms with van der Waals surface area (Å²) in [5.74, 6) is 1.12. The van der Waals surface area contributed by atoms with Crippen molar-refractivity contribution in [3.63, 3.8) is 0 Å². The number of nitrogen functional groups attached to an aromatic ring is 1. The van der Waals surface area contributed by atoms with Gasteiger partial charge in [-0.15, -0.1) is 0 Å². The molecule has 0 amide bonds. The van der Waals surface area contributed by atoms with Gasteiger partial charge in [0.05, 0.1) is 12.6 Å². The Hall–Kier alpha value is -2.38. The van der Waals surface area contributed by atoms with Crippen LogP contribution in [0.15, 0.2) is 18.2 Å². The lowest BCUT2D eigenvalue weighted by Crippen LogP contribution is -2.25. The minimum atomic E-state index is -0.0936. The Morgan fingerprint density at radius 3 is 2.66 bits per heavy atom. The highest BCUT2D eigenvalue weighted by Crippen LogP contribution is 2.28. The topological polar surface area (TPSA) is 108 Å². The van der Waals surface area contributed by atoms with Crippen LogP contribution in [0.25, 0.3) is 0 Å². The molecule has 7 heteroatoms. The number of hydrogen-bond acceptors (Lipinski definition) is 7. The summed E-state index contributed by atoms with van der Waals surface area (Å²) in [7, 11) is 0. The fourth-order valence-electron chi connectivity index (χ4n) is 3.95. The van der Waals surface area contributed by atoms with Crippen LogP contribution in [0.1, 0.15) is 55.0 Å². The first-order valence-corrected chi connectivity index (χ1v) is 10.5. The Labute approximate surface area is 173 Å². The van der Waals surface area contributed by atoms with Crippen LogP contribution in [0.2, 0.25) is 0 Å². The number of aryl methyl sites for hydroxylation is 1. The Morgan fingerprint density at radius 1 is 1.24 bits per heavy atom. The van der Waals surface area contributed by atoms with E-state index in [0.717, 1.165) is 54.9 Å². The summed E-state index contributed by atoms with van der Waals surface area (Å²) < 4.78 is 0. The van der Waals surface area contributed by atoms with E-state index in [1.54, 1.807) is 0 Å². The number of aromatic hydroxyl groups is 1. The van der Waals surface area contributed by atoms with Crippen LogP contribution in [0.4, 0.5) is 11.8 Å². The van der Waals surface area contributed by atoms with E-state index >= 15 is 0 Å². The van der Waals surface area contributed by atoms with E-state index in [1.807, 2.05) is 19.1 Å². The molecule has 0 unspecified atom stereocenters. The Morgan fingerprint density at radius 2 is 2.00 bits per heavy atom. The number of aromatic nitrogens is 2. The lowest BCUT2D eigenvalue weighted by molar-refractivity contribution is 0.268. The van der Waals surface area contributed by atoms with Crippen LogP contribution in [0, 0.1) is 6.92 Å². The third kappa shape index (κ3) is 5.58. The quantitative estimate of drug-likeness (QED) is 0.513. The molecule has 1 fully saturated rings. The number of rotatable bonds is 9. The molecular formula is C22H33N5O2. The zero-order valence-corrected chi connectivity index (χ0v) is 17.5. The molecule has 7 nitrogen and oxygen atoms in total. The van der Waals surface area contributed by atoms with Gasteiger partial charge >= 0.3 is 0 Å². The van der Waals surface area contributed by atoms with Crippen LogP contribution < -0.4 is 11.1 Å². The van der Waals surface area contributed by atoms with Gasteiger partial charge in [-0.3, -0.25) is 4.90 Å². The van der Waals surface area contributed by atoms with Gasteiger partial charge in [0.1, 0.15) is 11.6 Å². The van der Waals surface area contributed by atoms with Gasteiger partial charge in [-0.25, -0.2) is 4.98 Å². The van der Waals surface area contributed by atoms with Gasteiger partial charge < -0.3 is 21.3 Å². The maximum Gasteiger partial charge on any atom is 0.222 e. The van der Waals surface area contributed by atoms with Crippen molar-refractivity contribution >= 4 is 11.8 Å². The molecule has 1 aliphatic heterocycles. The minimum absolute atomic E-state index is 0.0205. The SMILES string of the molecule is CCC[C@@H](CO)Nc1nc(N)nc(C)c1Cc1ccc(CN2CCCC2)cc1O. The molecular weight excluding hydrogens is 366 g/mol. The smallest absolute Gasteiger partial charge is 0.222 e. The molecule has 0 spiro atoms. The average Bonchev–Trinajstić information content (AvgIpc) is 3.18. The first kappa shape index (κ1) is 21.3. The maximum absolute atomic E-state index is 10.6. The number of phenolic OH excluding ortho intramolecular Hbond substituents is 1. The highest BCUT2D eigenvalue weighted by molar-refractivity contribution is 5.53. The van der Waals surface area contributed by atoms with Gasteiger partial charge in [0.25, 0.3) is 0 Å². The predicted molar refractivity (Wildman–Crippen MR) is 116 cm³/mol. The summed E-state index contributed by atoms with van der Waals surface area (Å²) in [5.41, 5.74) is 9.47. The molecule has 158 valence electrons. The van der Waals surface area contributed by atoms with Crippen molar-refractivity contribution in [1.82, 2.24) is 14.9 Å². The van der Waals surface area contributed by atoms with Gasteiger partial charge in [0, 0.05) is 24.2 Å². The van der Waals surface area contributed by atoms with Gasteiger partial charge in [0.2, 0.25) is 5.95 Å². The third-order valence-corrected chi connectivity index (χ3v) is 5.55. The van der Waals surface area contributed by atoms with Gasteiger partial charge in [-0.05, 0) is 56.5 Å². The molecule has 29 heavy (non-hydrogen) atoms. The highest BCUT2D eigenvalue weighted by Gasteiger charge is 2.17. The number of nitrogens with one attached hydrogen (secondary N) is 1. The van der Waals surface area contributed by atoms with Crippen LogP contribution in [-0.4, -0.2) is 50.8 Å². The standard InChI is InChI=1S/C22H33N5O2/c1-3-6-18(14-28)25-21-19(15(2)24-22(23)26-21)12-17-8-7-16(11-20(17)29)13-27-9-4-5-10-27/h7-8,11,18,28-29H,3-6,9-10,12-14H2,1-2H3,(H3,23,24,25,26)/t18-/m0/s1. The number of anilines is 2. The fraction of sp³-hybridized carbons (Fsp3) is 0.545. The molecule has 5 N–H and O–H groups in total. The summed E-state index contributed by atoms with van der Waals surface area (Å²) in [6.07, 6.45) is 4.78. The molecule has 1 aromatic carbocycles. The second kappa shape index (κ2) is 9.89. The number of phenols is 1. The largest absolute Gasteiger partial charge is 0.508 e. The Kier molecular flexibility index (Phi) is 7.28. The predicted octanol–water partition coefficient (Wildman–Crippen LogP) is 2.83. The molecule has 1 aromatic heterocycles. The minimum Gasteiger partial charge on any atom is -0.508 e. The summed E-state index contributed by atoms with van der Waals surface area (Å²) in [4.78, 5) is 11.1. The van der Waals surface area contributed by atoms with Crippen LogP contribution in [-0.2, 0) is 13.0 Å². The summed E-state index contributed by atoms with van der Waals surface area (Å²) >= 11 is 0. The second-order valence-corrected chi connectivity index (χ2v) is 7.93. The number of nitrogens with zero attached hydrogens (tertiary/aromatic N) is 3. The molecule has 0 bridgehead atoms. The van der Waals surface area contributed by atoms with Crippen LogP contribution >= 0.6 is 0 Å². The summed E-state index contributed by atoms with van der Waals surface area (Å²) in [6, 6.07) is 5.84. The van der Waals surface area contributed by atoms with Gasteiger partial charge in [0.15, 0.2) is 0 Å². The van der Waals surface area contributed by atoms with E-state index in [0.29, 0.717) is 12.2 Å². The van der Waals surface area contributed by atoms with Crippen molar-refractivity contribution in [1.29, 1.82) is 0 Å². The Balaban J connectivity index is 1.81. The van der Waals surface area contributed by atoms with E-state index in [2.05, 4.69) is 33.2 Å². The van der Waals surface area contributed by atoms with E-state index < -0.39 is 0 Å². The number of aliphatic hydroxyl groups is 1. The van der Waals surface area contributed by atoms with E-state index in [9.17, 15) is 10.2 Å². The highest BCUT2D eigenvalue weighted by atomic mass is 16.3. The average molecular weight is 400 g/mol. The first-order chi connectivity index (χ1) is 14.0. The van der Waals surface area contributed by atoms with Crippen LogP contribution in [0.3, 0.4) is 0 Å². The van der Waals surface area contributed by atoms with E-state index in [1.165, 1.54) is 12.8 Å². The first-order valence-electron chi connectivity index (χ1n) is 10.5. The second-order valence-electron chi connectivity index (χ2n) is 7.93.